The van der Waals surface area contributed by atoms with Crippen LogP contribution in [0.15, 0.2) is 60.8 Å². The van der Waals surface area contributed by atoms with Gasteiger partial charge in [0.05, 0.1) is 6.20 Å². The molecule has 1 aromatic heterocycles. The maximum atomic E-state index is 12.6. The molecule has 1 amide bonds. The van der Waals surface area contributed by atoms with Crippen molar-refractivity contribution in [2.45, 2.75) is 13.5 Å². The van der Waals surface area contributed by atoms with Gasteiger partial charge in [0.15, 0.2) is 0 Å². The summed E-state index contributed by atoms with van der Waals surface area (Å²) in [7, 11) is 3.73. The first-order valence-electron chi connectivity index (χ1n) is 7.94. The molecule has 1 heterocycles. The lowest BCUT2D eigenvalue weighted by Gasteiger charge is -2.17. The summed E-state index contributed by atoms with van der Waals surface area (Å²) in [6.07, 6.45) is 1.82. The average Bonchev–Trinajstić information content (AvgIpc) is 2.94. The Labute approximate surface area is 142 Å². The van der Waals surface area contributed by atoms with Gasteiger partial charge in [0.25, 0.3) is 5.91 Å². The quantitative estimate of drug-likeness (QED) is 0.736. The van der Waals surface area contributed by atoms with E-state index < -0.39 is 0 Å². The van der Waals surface area contributed by atoms with E-state index in [4.69, 9.17) is 0 Å². The summed E-state index contributed by atoms with van der Waals surface area (Å²) in [6, 6.07) is 17.9. The first-order valence-corrected chi connectivity index (χ1v) is 7.94. The van der Waals surface area contributed by atoms with Gasteiger partial charge in [-0.15, -0.1) is 0 Å². The minimum Gasteiger partial charge on any atom is -0.337 e. The van der Waals surface area contributed by atoms with Crippen LogP contribution in [-0.4, -0.2) is 27.6 Å². The van der Waals surface area contributed by atoms with Crippen molar-refractivity contribution in [3.8, 4) is 11.1 Å². The molecule has 0 saturated carbocycles. The number of rotatable bonds is 4. The van der Waals surface area contributed by atoms with Crippen LogP contribution in [0.3, 0.4) is 0 Å². The van der Waals surface area contributed by atoms with E-state index in [0.29, 0.717) is 12.1 Å². The van der Waals surface area contributed by atoms with E-state index in [0.717, 1.165) is 22.4 Å². The highest BCUT2D eigenvalue weighted by atomic mass is 16.2. The number of carbonyl (C=O) groups excluding carboxylic acids is 1. The number of hydrogen-bond acceptors (Lipinski definition) is 2. The molecule has 0 aliphatic heterocycles. The summed E-state index contributed by atoms with van der Waals surface area (Å²) in [6.45, 7) is 2.56. The lowest BCUT2D eigenvalue weighted by Crippen LogP contribution is -2.26. The molecule has 4 nitrogen and oxygen atoms in total. The molecule has 4 heteroatoms. The topological polar surface area (TPSA) is 38.1 Å². The predicted octanol–water partition coefficient (Wildman–Crippen LogP) is 3.67. The Balaban J connectivity index is 1.74. The molecule has 0 atom stereocenters. The highest BCUT2D eigenvalue weighted by molar-refractivity contribution is 5.94. The van der Waals surface area contributed by atoms with E-state index in [2.05, 4.69) is 17.2 Å². The number of amides is 1. The molecule has 0 spiro atoms. The molecule has 0 N–H and O–H groups in total. The number of carbonyl (C=O) groups is 1. The van der Waals surface area contributed by atoms with Gasteiger partial charge >= 0.3 is 0 Å². The van der Waals surface area contributed by atoms with Crippen LogP contribution in [0.4, 0.5) is 0 Å². The molecule has 3 aromatic rings. The van der Waals surface area contributed by atoms with Crippen molar-refractivity contribution in [1.29, 1.82) is 0 Å². The molecule has 0 unspecified atom stereocenters. The summed E-state index contributed by atoms with van der Waals surface area (Å²) in [5.41, 5.74) is 5.09. The van der Waals surface area contributed by atoms with Crippen LogP contribution < -0.4 is 0 Å². The summed E-state index contributed by atoms with van der Waals surface area (Å²) >= 11 is 0. The Bertz CT molecular complexity index is 835. The Morgan fingerprint density at radius 2 is 1.67 bits per heavy atom. The predicted molar refractivity (Wildman–Crippen MR) is 95.6 cm³/mol. The van der Waals surface area contributed by atoms with Crippen LogP contribution in [0.2, 0.25) is 0 Å². The number of nitrogens with zero attached hydrogens (tertiary/aromatic N) is 3. The Hall–Kier alpha value is -2.88. The van der Waals surface area contributed by atoms with E-state index in [9.17, 15) is 4.79 Å². The summed E-state index contributed by atoms with van der Waals surface area (Å²) in [4.78, 5) is 14.3. The van der Waals surface area contributed by atoms with Gasteiger partial charge in [-0.25, -0.2) is 0 Å². The zero-order chi connectivity index (χ0) is 17.1. The maximum Gasteiger partial charge on any atom is 0.253 e. The molecule has 2 aromatic carbocycles. The SMILES string of the molecule is Cc1c(CN(C)C(=O)c2ccc(-c3ccccc3)cc2)cnn1C. The zero-order valence-electron chi connectivity index (χ0n) is 14.2. The highest BCUT2D eigenvalue weighted by Crippen LogP contribution is 2.20. The minimum absolute atomic E-state index is 0.0119. The van der Waals surface area contributed by atoms with E-state index >= 15 is 0 Å². The summed E-state index contributed by atoms with van der Waals surface area (Å²) in [5, 5.41) is 4.23. The number of benzene rings is 2. The smallest absolute Gasteiger partial charge is 0.253 e. The zero-order valence-corrected chi connectivity index (χ0v) is 14.2. The third-order valence-corrected chi connectivity index (χ3v) is 4.33. The van der Waals surface area contributed by atoms with Gasteiger partial charge in [0, 0.05) is 37.5 Å². The molecule has 3 rings (SSSR count). The fourth-order valence-electron chi connectivity index (χ4n) is 2.68. The third kappa shape index (κ3) is 3.23. The second kappa shape index (κ2) is 6.71. The Kier molecular flexibility index (Phi) is 4.47. The van der Waals surface area contributed by atoms with E-state index in [1.807, 2.05) is 74.4 Å². The Morgan fingerprint density at radius 1 is 1.04 bits per heavy atom. The van der Waals surface area contributed by atoms with Gasteiger partial charge in [-0.05, 0) is 30.2 Å². The molecule has 24 heavy (non-hydrogen) atoms. The maximum absolute atomic E-state index is 12.6. The summed E-state index contributed by atoms with van der Waals surface area (Å²) in [5.74, 6) is 0.0119. The van der Waals surface area contributed by atoms with Crippen molar-refractivity contribution in [2.75, 3.05) is 7.05 Å². The van der Waals surface area contributed by atoms with Crippen molar-refractivity contribution < 1.29 is 4.79 Å². The Morgan fingerprint density at radius 3 is 2.25 bits per heavy atom. The van der Waals surface area contributed by atoms with Gasteiger partial charge in [0.2, 0.25) is 0 Å². The van der Waals surface area contributed by atoms with Crippen molar-refractivity contribution in [3.05, 3.63) is 77.6 Å². The molecule has 0 fully saturated rings. The standard InChI is InChI=1S/C20H21N3O/c1-15-19(13-21-23(15)3)14-22(2)20(24)18-11-9-17(10-12-18)16-7-5-4-6-8-16/h4-13H,14H2,1-3H3. The monoisotopic (exact) mass is 319 g/mol. The number of aryl methyl sites for hydroxylation is 1. The van der Waals surface area contributed by atoms with Crippen molar-refractivity contribution in [3.63, 3.8) is 0 Å². The van der Waals surface area contributed by atoms with E-state index in [1.165, 1.54) is 0 Å². The lowest BCUT2D eigenvalue weighted by molar-refractivity contribution is 0.0785. The number of hydrogen-bond donors (Lipinski definition) is 0. The summed E-state index contributed by atoms with van der Waals surface area (Å²) < 4.78 is 1.82. The molecular formula is C20H21N3O. The van der Waals surface area contributed by atoms with Gasteiger partial charge < -0.3 is 4.90 Å². The largest absolute Gasteiger partial charge is 0.337 e. The van der Waals surface area contributed by atoms with E-state index in [1.54, 1.807) is 4.90 Å². The molecule has 0 bridgehead atoms. The van der Waals surface area contributed by atoms with Gasteiger partial charge in [0.1, 0.15) is 0 Å². The van der Waals surface area contributed by atoms with Crippen LogP contribution in [0.5, 0.6) is 0 Å². The van der Waals surface area contributed by atoms with E-state index in [-0.39, 0.29) is 5.91 Å². The highest BCUT2D eigenvalue weighted by Gasteiger charge is 2.14. The molecular weight excluding hydrogens is 298 g/mol. The van der Waals surface area contributed by atoms with Crippen LogP contribution in [0.25, 0.3) is 11.1 Å². The van der Waals surface area contributed by atoms with Crippen LogP contribution in [0.1, 0.15) is 21.6 Å². The second-order valence-corrected chi connectivity index (χ2v) is 5.98. The molecule has 0 aliphatic rings. The first-order chi connectivity index (χ1) is 11.6. The molecule has 0 radical (unpaired) electrons. The van der Waals surface area contributed by atoms with Gasteiger partial charge in [-0.1, -0.05) is 42.5 Å². The van der Waals surface area contributed by atoms with Gasteiger partial charge in [-0.3, -0.25) is 9.48 Å². The minimum atomic E-state index is 0.0119. The second-order valence-electron chi connectivity index (χ2n) is 5.98. The fourth-order valence-corrected chi connectivity index (χ4v) is 2.68. The van der Waals surface area contributed by atoms with Crippen molar-refractivity contribution in [2.24, 2.45) is 7.05 Å². The average molecular weight is 319 g/mol. The lowest BCUT2D eigenvalue weighted by atomic mass is 10.0. The normalized spacial score (nSPS) is 10.6. The first kappa shape index (κ1) is 16.0. The van der Waals surface area contributed by atoms with Gasteiger partial charge in [-0.2, -0.15) is 5.10 Å². The van der Waals surface area contributed by atoms with Crippen LogP contribution in [0, 0.1) is 6.92 Å². The molecule has 0 aliphatic carbocycles. The molecule has 122 valence electrons. The van der Waals surface area contributed by atoms with Crippen LogP contribution >= 0.6 is 0 Å². The fraction of sp³-hybridized carbons (Fsp3) is 0.200. The molecule has 0 saturated heterocycles. The van der Waals surface area contributed by atoms with Crippen LogP contribution in [-0.2, 0) is 13.6 Å². The van der Waals surface area contributed by atoms with Crippen molar-refractivity contribution in [1.82, 2.24) is 14.7 Å². The van der Waals surface area contributed by atoms with Crippen molar-refractivity contribution >= 4 is 5.91 Å². The number of aromatic nitrogens is 2. The third-order valence-electron chi connectivity index (χ3n) is 4.33.